The van der Waals surface area contributed by atoms with E-state index in [1.807, 2.05) is 0 Å². The number of rotatable bonds is 12. The Balaban J connectivity index is 1.41. The predicted octanol–water partition coefficient (Wildman–Crippen LogP) is -1.35. The molecular formula is C21H23N9O6S2. The van der Waals surface area contributed by atoms with Crippen LogP contribution in [0.15, 0.2) is 40.7 Å². The molecule has 2 aromatic rings. The molecule has 2 unspecified atom stereocenters. The van der Waals surface area contributed by atoms with Gasteiger partial charge in [-0.15, -0.1) is 16.9 Å². The zero-order chi connectivity index (χ0) is 27.4. The molecule has 7 N–H and O–H groups in total. The molecule has 0 radical (unpaired) electrons. The molecule has 2 aliphatic rings. The number of nitrogens with two attached hydrogens (primary N) is 2. The molecule has 0 aliphatic carbocycles. The van der Waals surface area contributed by atoms with E-state index in [-0.39, 0.29) is 24.4 Å². The third-order valence-electron chi connectivity index (χ3n) is 5.77. The number of carboxylic acid groups (broad SMARTS) is 1. The van der Waals surface area contributed by atoms with Gasteiger partial charge >= 0.3 is 5.97 Å². The van der Waals surface area contributed by atoms with E-state index < -0.39 is 41.1 Å². The quantitative estimate of drug-likeness (QED) is 0.115. The Morgan fingerprint density at radius 2 is 2.03 bits per heavy atom. The summed E-state index contributed by atoms with van der Waals surface area (Å²) in [6, 6.07) is 4.34. The number of carbonyl (C=O) groups is 5. The Morgan fingerprint density at radius 3 is 2.68 bits per heavy atom. The maximum Gasteiger partial charge on any atom is 0.352 e. The molecule has 1 aromatic heterocycles. The van der Waals surface area contributed by atoms with Gasteiger partial charge in [-0.05, 0) is 33.7 Å². The van der Waals surface area contributed by atoms with Gasteiger partial charge in [0.05, 0.1) is 6.54 Å². The van der Waals surface area contributed by atoms with E-state index in [0.717, 1.165) is 0 Å². The first-order valence-electron chi connectivity index (χ1n) is 11.1. The van der Waals surface area contributed by atoms with Crippen molar-refractivity contribution in [1.82, 2.24) is 30.4 Å². The van der Waals surface area contributed by atoms with Crippen molar-refractivity contribution >= 4 is 59.3 Å². The third kappa shape index (κ3) is 5.63. The summed E-state index contributed by atoms with van der Waals surface area (Å²) >= 11 is 2.49. The smallest absolute Gasteiger partial charge is 0.352 e. The molecular weight excluding hydrogens is 538 g/mol. The van der Waals surface area contributed by atoms with Crippen molar-refractivity contribution in [3.8, 4) is 0 Å². The summed E-state index contributed by atoms with van der Waals surface area (Å²) in [5, 5.41) is 26.0. The van der Waals surface area contributed by atoms with E-state index in [9.17, 15) is 29.1 Å². The molecule has 17 heteroatoms. The number of fused-ring (bicyclic) bond motifs is 1. The number of carboxylic acids is 1. The standard InChI is InChI=1S/C21H23N9O6S2/c22-13(32)5-6-29-21(26-27-28-29)38-8-11-7-37-19-15(18(34)30(19)16(11)20(35)36)25-17(33)14(23)10-1-3-12(4-2-10)24-9-31/h1-4,9,14-15,19H,5-8,23H2,(H2,22,32)(H,24,31)(H,25,33)(H,35,36)/t14?,15?,19-/m1/s1. The van der Waals surface area contributed by atoms with Crippen LogP contribution in [-0.2, 0) is 30.5 Å². The van der Waals surface area contributed by atoms with Crippen LogP contribution in [0.3, 0.4) is 0 Å². The molecule has 4 amide bonds. The molecule has 0 spiro atoms. The van der Waals surface area contributed by atoms with Gasteiger partial charge in [-0.2, -0.15) is 0 Å². The van der Waals surface area contributed by atoms with E-state index in [1.165, 1.54) is 33.1 Å². The highest BCUT2D eigenvalue weighted by molar-refractivity contribution is 8.01. The number of amides is 4. The lowest BCUT2D eigenvalue weighted by atomic mass is 10.0. The fourth-order valence-electron chi connectivity index (χ4n) is 3.85. The summed E-state index contributed by atoms with van der Waals surface area (Å²) < 4.78 is 1.39. The highest BCUT2D eigenvalue weighted by Gasteiger charge is 2.54. The molecule has 1 aromatic carbocycles. The summed E-state index contributed by atoms with van der Waals surface area (Å²) in [6.07, 6.45) is 0.568. The summed E-state index contributed by atoms with van der Waals surface area (Å²) in [4.78, 5) is 60.5. The van der Waals surface area contributed by atoms with E-state index in [0.29, 0.717) is 34.1 Å². The number of nitrogens with one attached hydrogen (secondary N) is 2. The monoisotopic (exact) mass is 561 g/mol. The molecule has 0 bridgehead atoms. The molecule has 2 aliphatic heterocycles. The average Bonchev–Trinajstić information content (AvgIpc) is 3.36. The van der Waals surface area contributed by atoms with Crippen molar-refractivity contribution in [1.29, 1.82) is 0 Å². The lowest BCUT2D eigenvalue weighted by Crippen LogP contribution is -2.71. The van der Waals surface area contributed by atoms with Crippen LogP contribution in [0.1, 0.15) is 18.0 Å². The van der Waals surface area contributed by atoms with Gasteiger partial charge in [-0.25, -0.2) is 9.48 Å². The Kier molecular flexibility index (Phi) is 8.28. The van der Waals surface area contributed by atoms with Crippen molar-refractivity contribution in [2.24, 2.45) is 11.5 Å². The van der Waals surface area contributed by atoms with Gasteiger partial charge in [0.2, 0.25) is 23.4 Å². The maximum atomic E-state index is 12.9. The van der Waals surface area contributed by atoms with Gasteiger partial charge in [0.1, 0.15) is 23.2 Å². The number of hydrogen-bond donors (Lipinski definition) is 5. The summed E-state index contributed by atoms with van der Waals surface area (Å²) in [5.74, 6) is -2.43. The molecule has 200 valence electrons. The average molecular weight is 562 g/mol. The predicted molar refractivity (Wildman–Crippen MR) is 135 cm³/mol. The van der Waals surface area contributed by atoms with Gasteiger partial charge in [0.25, 0.3) is 5.91 Å². The van der Waals surface area contributed by atoms with Crippen LogP contribution in [0.4, 0.5) is 5.69 Å². The minimum Gasteiger partial charge on any atom is -0.477 e. The first-order chi connectivity index (χ1) is 18.2. The van der Waals surface area contributed by atoms with Crippen LogP contribution < -0.4 is 22.1 Å². The van der Waals surface area contributed by atoms with Crippen LogP contribution >= 0.6 is 23.5 Å². The lowest BCUT2D eigenvalue weighted by molar-refractivity contribution is -0.150. The van der Waals surface area contributed by atoms with E-state index in [1.54, 1.807) is 24.3 Å². The fourth-order valence-corrected chi connectivity index (χ4v) is 6.24. The zero-order valence-electron chi connectivity index (χ0n) is 19.6. The second-order valence-corrected chi connectivity index (χ2v) is 10.3. The van der Waals surface area contributed by atoms with Crippen LogP contribution in [0.25, 0.3) is 0 Å². The number of aromatic nitrogens is 4. The highest BCUT2D eigenvalue weighted by atomic mass is 32.2. The lowest BCUT2D eigenvalue weighted by Gasteiger charge is -2.49. The van der Waals surface area contributed by atoms with Crippen LogP contribution in [-0.4, -0.2) is 83.2 Å². The van der Waals surface area contributed by atoms with Crippen molar-refractivity contribution in [2.45, 2.75) is 35.6 Å². The Labute approximate surface area is 223 Å². The van der Waals surface area contributed by atoms with Gasteiger partial charge in [-0.3, -0.25) is 24.1 Å². The number of benzene rings is 1. The highest BCUT2D eigenvalue weighted by Crippen LogP contribution is 2.41. The minimum absolute atomic E-state index is 0.0426. The van der Waals surface area contributed by atoms with Crippen molar-refractivity contribution in [3.63, 3.8) is 0 Å². The van der Waals surface area contributed by atoms with Gasteiger partial charge in [-0.1, -0.05) is 23.9 Å². The molecule has 0 saturated carbocycles. The summed E-state index contributed by atoms with van der Waals surface area (Å²) in [5.41, 5.74) is 12.6. The number of anilines is 1. The van der Waals surface area contributed by atoms with Gasteiger partial charge < -0.3 is 27.2 Å². The Bertz CT molecular complexity index is 1300. The van der Waals surface area contributed by atoms with Crippen molar-refractivity contribution in [2.75, 3.05) is 16.8 Å². The summed E-state index contributed by atoms with van der Waals surface area (Å²) in [6.45, 7) is 0.181. The van der Waals surface area contributed by atoms with Crippen LogP contribution in [0, 0.1) is 0 Å². The number of primary amides is 1. The van der Waals surface area contributed by atoms with Crippen LogP contribution in [0.2, 0.25) is 0 Å². The SMILES string of the molecule is NC(=O)CCn1nnnc1SCC1=C(C(=O)O)N2C(=O)C(NC(=O)C(N)c3ccc(NC=O)cc3)[C@H]2SC1. The third-order valence-corrected chi connectivity index (χ3v) is 8.15. The zero-order valence-corrected chi connectivity index (χ0v) is 21.3. The minimum atomic E-state index is -1.27. The Hall–Kier alpha value is -3.96. The first-order valence-corrected chi connectivity index (χ1v) is 13.2. The summed E-state index contributed by atoms with van der Waals surface area (Å²) in [7, 11) is 0. The van der Waals surface area contributed by atoms with E-state index >= 15 is 0 Å². The first kappa shape index (κ1) is 27.1. The van der Waals surface area contributed by atoms with E-state index in [4.69, 9.17) is 11.5 Å². The number of thioether (sulfide) groups is 2. The molecule has 15 nitrogen and oxygen atoms in total. The maximum absolute atomic E-state index is 12.9. The second kappa shape index (κ2) is 11.6. The number of aliphatic carboxylic acids is 1. The molecule has 1 fully saturated rings. The number of carbonyl (C=O) groups excluding carboxylic acids is 4. The number of nitrogens with zero attached hydrogens (tertiary/aromatic N) is 5. The topological polar surface area (TPSA) is 229 Å². The number of tetrazole rings is 1. The van der Waals surface area contributed by atoms with Crippen LogP contribution in [0.5, 0.6) is 0 Å². The fraction of sp³-hybridized carbons (Fsp3) is 0.333. The Morgan fingerprint density at radius 1 is 1.29 bits per heavy atom. The van der Waals surface area contributed by atoms with Gasteiger partial charge in [0.15, 0.2) is 0 Å². The molecule has 4 rings (SSSR count). The molecule has 38 heavy (non-hydrogen) atoms. The molecule has 3 heterocycles. The van der Waals surface area contributed by atoms with E-state index in [2.05, 4.69) is 26.2 Å². The number of β-lactam (4-membered cyclic amide) rings is 1. The molecule has 1 saturated heterocycles. The number of hydrogen-bond acceptors (Lipinski definition) is 11. The second-order valence-electron chi connectivity index (χ2n) is 8.20. The van der Waals surface area contributed by atoms with Gasteiger partial charge in [0, 0.05) is 23.6 Å². The van der Waals surface area contributed by atoms with Crippen molar-refractivity contribution < 1.29 is 29.1 Å². The largest absolute Gasteiger partial charge is 0.477 e. The molecule has 3 atom stereocenters. The van der Waals surface area contributed by atoms with Crippen molar-refractivity contribution in [3.05, 3.63) is 41.1 Å². The number of aryl methyl sites for hydroxylation is 1. The normalized spacial score (nSPS) is 19.3.